The number of hydrogen-bond donors (Lipinski definition) is 3. The van der Waals surface area contributed by atoms with Crippen molar-refractivity contribution in [3.05, 3.63) is 58.5 Å². The van der Waals surface area contributed by atoms with Crippen LogP contribution in [0.1, 0.15) is 21.6 Å². The van der Waals surface area contributed by atoms with Crippen LogP contribution in [0.25, 0.3) is 11.3 Å². The number of aromatic nitrogens is 2. The Balaban J connectivity index is 1.65. The summed E-state index contributed by atoms with van der Waals surface area (Å²) < 4.78 is 16.3. The Morgan fingerprint density at radius 3 is 2.85 bits per heavy atom. The van der Waals surface area contributed by atoms with Crippen LogP contribution in [0.15, 0.2) is 36.7 Å². The highest BCUT2D eigenvalue weighted by Gasteiger charge is 2.37. The molecular formula is C25H23ClN4O4. The summed E-state index contributed by atoms with van der Waals surface area (Å²) in [5.74, 6) is 6.73. The van der Waals surface area contributed by atoms with E-state index in [1.54, 1.807) is 32.7 Å². The van der Waals surface area contributed by atoms with Gasteiger partial charge in [0.05, 0.1) is 53.5 Å². The van der Waals surface area contributed by atoms with Crippen LogP contribution in [0.3, 0.4) is 0 Å². The number of carbonyl (C=O) groups is 1. The molecule has 5 rings (SSSR count). The number of halogens is 1. The number of aromatic amines is 1. The van der Waals surface area contributed by atoms with Crippen LogP contribution in [0, 0.1) is 11.8 Å². The molecule has 34 heavy (non-hydrogen) atoms. The molecule has 0 radical (unpaired) electrons. The first-order valence-electron chi connectivity index (χ1n) is 10.8. The van der Waals surface area contributed by atoms with E-state index in [0.29, 0.717) is 59.5 Å². The summed E-state index contributed by atoms with van der Waals surface area (Å²) in [4.78, 5) is 20.6. The molecule has 1 aromatic carbocycles. The zero-order valence-corrected chi connectivity index (χ0v) is 19.5. The summed E-state index contributed by atoms with van der Waals surface area (Å²) in [5, 5.41) is 6.78. The average Bonchev–Trinajstić information content (AvgIpc) is 3.18. The van der Waals surface area contributed by atoms with Crippen LogP contribution in [0.5, 0.6) is 5.75 Å². The highest BCUT2D eigenvalue weighted by Crippen LogP contribution is 2.41. The Morgan fingerprint density at radius 1 is 1.26 bits per heavy atom. The van der Waals surface area contributed by atoms with Crippen molar-refractivity contribution in [1.29, 1.82) is 0 Å². The number of ether oxygens (including phenoxy) is 3. The molecule has 0 spiro atoms. The molecule has 2 aliphatic rings. The maximum Gasteiger partial charge on any atom is 0.255 e. The third kappa shape index (κ3) is 3.88. The number of rotatable bonds is 5. The van der Waals surface area contributed by atoms with Crippen LogP contribution in [-0.4, -0.2) is 55.5 Å². The third-order valence-electron chi connectivity index (χ3n) is 5.97. The topological polar surface area (TPSA) is 97.5 Å². The van der Waals surface area contributed by atoms with Crippen molar-refractivity contribution >= 4 is 28.9 Å². The largest absolute Gasteiger partial charge is 0.493 e. The van der Waals surface area contributed by atoms with Crippen LogP contribution >= 0.6 is 11.6 Å². The van der Waals surface area contributed by atoms with Gasteiger partial charge in [0.15, 0.2) is 11.4 Å². The predicted molar refractivity (Wildman–Crippen MR) is 129 cm³/mol. The molecule has 0 unspecified atom stereocenters. The summed E-state index contributed by atoms with van der Waals surface area (Å²) in [5.41, 5.74) is 4.28. The molecule has 1 amide bonds. The van der Waals surface area contributed by atoms with Crippen molar-refractivity contribution in [3.63, 3.8) is 0 Å². The van der Waals surface area contributed by atoms with Crippen molar-refractivity contribution in [2.45, 2.75) is 12.0 Å². The van der Waals surface area contributed by atoms with Gasteiger partial charge in [0.25, 0.3) is 5.91 Å². The minimum absolute atomic E-state index is 0.154. The highest BCUT2D eigenvalue weighted by molar-refractivity contribution is 6.32. The second kappa shape index (κ2) is 9.03. The molecule has 174 valence electrons. The molecule has 1 saturated heterocycles. The lowest BCUT2D eigenvalue weighted by atomic mass is 10.00. The van der Waals surface area contributed by atoms with Gasteiger partial charge in [0, 0.05) is 43.7 Å². The molecule has 3 aromatic rings. The number of nitrogens with zero attached hydrogens (tertiary/aromatic N) is 1. The lowest BCUT2D eigenvalue weighted by molar-refractivity contribution is -0.159. The fourth-order valence-corrected chi connectivity index (χ4v) is 4.33. The molecule has 8 nitrogen and oxygen atoms in total. The predicted octanol–water partition coefficient (Wildman–Crippen LogP) is 3.54. The van der Waals surface area contributed by atoms with Gasteiger partial charge in [-0.25, -0.2) is 0 Å². The van der Waals surface area contributed by atoms with Gasteiger partial charge in [0.2, 0.25) is 0 Å². The maximum absolute atomic E-state index is 12.9. The van der Waals surface area contributed by atoms with E-state index in [-0.39, 0.29) is 5.91 Å². The van der Waals surface area contributed by atoms with Gasteiger partial charge in [-0.1, -0.05) is 29.5 Å². The standard InChI is InChI=1S/C25H23ClN4O4/c1-32-23-17(26)4-3-5-19(23)30-22-20-18(8-11-28-24(20)31)29-21(22)16-7-10-27-12-15(16)6-9-25(33-2)13-34-14-25/h3-5,7,10,12,29-30H,8,11,13-14H2,1-2H3,(H,28,31). The molecule has 3 N–H and O–H groups in total. The first-order chi connectivity index (χ1) is 16.5. The van der Waals surface area contributed by atoms with E-state index in [1.165, 1.54) is 0 Å². The van der Waals surface area contributed by atoms with Crippen molar-refractivity contribution in [3.8, 4) is 28.8 Å². The summed E-state index contributed by atoms with van der Waals surface area (Å²) >= 11 is 6.34. The zero-order chi connectivity index (χ0) is 23.7. The van der Waals surface area contributed by atoms with E-state index < -0.39 is 5.60 Å². The molecule has 0 bridgehead atoms. The van der Waals surface area contributed by atoms with E-state index >= 15 is 0 Å². The number of H-pyrrole nitrogens is 1. The van der Waals surface area contributed by atoms with Crippen molar-refractivity contribution in [2.24, 2.45) is 0 Å². The highest BCUT2D eigenvalue weighted by atomic mass is 35.5. The van der Waals surface area contributed by atoms with Crippen molar-refractivity contribution in [2.75, 3.05) is 39.3 Å². The van der Waals surface area contributed by atoms with Gasteiger partial charge in [-0.2, -0.15) is 0 Å². The van der Waals surface area contributed by atoms with Crippen LogP contribution in [0.4, 0.5) is 11.4 Å². The number of para-hydroxylation sites is 1. The average molecular weight is 479 g/mol. The molecule has 1 fully saturated rings. The van der Waals surface area contributed by atoms with E-state index in [1.807, 2.05) is 18.2 Å². The lowest BCUT2D eigenvalue weighted by Crippen LogP contribution is -2.50. The van der Waals surface area contributed by atoms with Gasteiger partial charge in [-0.15, -0.1) is 0 Å². The van der Waals surface area contributed by atoms with Crippen molar-refractivity contribution < 1.29 is 19.0 Å². The molecule has 0 saturated carbocycles. The number of anilines is 2. The summed E-state index contributed by atoms with van der Waals surface area (Å²) in [7, 11) is 3.18. The first-order valence-corrected chi connectivity index (χ1v) is 11.2. The monoisotopic (exact) mass is 478 g/mol. The van der Waals surface area contributed by atoms with Crippen molar-refractivity contribution in [1.82, 2.24) is 15.3 Å². The minimum atomic E-state index is -0.614. The Bertz CT molecular complexity index is 1310. The molecule has 0 atom stereocenters. The molecule has 2 aliphatic heterocycles. The Hall–Kier alpha value is -3.51. The number of carbonyl (C=O) groups excluding carboxylic acids is 1. The van der Waals surface area contributed by atoms with Crippen LogP contribution in [0.2, 0.25) is 5.02 Å². The van der Waals surface area contributed by atoms with E-state index in [0.717, 1.165) is 17.0 Å². The van der Waals surface area contributed by atoms with Crippen LogP contribution in [-0.2, 0) is 15.9 Å². The summed E-state index contributed by atoms with van der Waals surface area (Å²) in [6.45, 7) is 1.40. The lowest BCUT2D eigenvalue weighted by Gasteiger charge is -2.35. The second-order valence-electron chi connectivity index (χ2n) is 8.04. The number of amides is 1. The van der Waals surface area contributed by atoms with Gasteiger partial charge in [-0.05, 0) is 18.2 Å². The van der Waals surface area contributed by atoms with E-state index in [2.05, 4.69) is 32.4 Å². The fourth-order valence-electron chi connectivity index (χ4n) is 4.08. The van der Waals surface area contributed by atoms with Gasteiger partial charge in [0.1, 0.15) is 0 Å². The normalized spacial score (nSPS) is 15.9. The van der Waals surface area contributed by atoms with E-state index in [9.17, 15) is 4.79 Å². The smallest absolute Gasteiger partial charge is 0.255 e. The first kappa shape index (κ1) is 22.3. The number of fused-ring (bicyclic) bond motifs is 1. The third-order valence-corrected chi connectivity index (χ3v) is 6.27. The fraction of sp³-hybridized carbons (Fsp3) is 0.280. The van der Waals surface area contributed by atoms with Gasteiger partial charge >= 0.3 is 0 Å². The van der Waals surface area contributed by atoms with E-state index in [4.69, 9.17) is 25.8 Å². The molecule has 0 aliphatic carbocycles. The quantitative estimate of drug-likeness (QED) is 0.485. The number of pyridine rings is 1. The molecule has 2 aromatic heterocycles. The summed E-state index contributed by atoms with van der Waals surface area (Å²) in [6.07, 6.45) is 4.08. The minimum Gasteiger partial charge on any atom is -0.493 e. The number of hydrogen-bond acceptors (Lipinski definition) is 6. The second-order valence-corrected chi connectivity index (χ2v) is 8.45. The molecule has 4 heterocycles. The Kier molecular flexibility index (Phi) is 5.92. The Morgan fingerprint density at radius 2 is 2.12 bits per heavy atom. The maximum atomic E-state index is 12.9. The number of benzene rings is 1. The zero-order valence-electron chi connectivity index (χ0n) is 18.8. The molecular weight excluding hydrogens is 456 g/mol. The molecule has 9 heteroatoms. The van der Waals surface area contributed by atoms with Crippen LogP contribution < -0.4 is 15.4 Å². The van der Waals surface area contributed by atoms with Gasteiger partial charge in [-0.3, -0.25) is 9.78 Å². The SMILES string of the molecule is COc1c(Cl)cccc1Nc1c(-c2ccncc2C#CC2(OC)COC2)[nH]c2c1C(=O)NCC2. The van der Waals surface area contributed by atoms with Gasteiger partial charge < -0.3 is 29.8 Å². The Labute approximate surface area is 202 Å². The number of nitrogens with one attached hydrogen (secondary N) is 3. The number of methoxy groups -OCH3 is 2. The summed E-state index contributed by atoms with van der Waals surface area (Å²) in [6, 6.07) is 7.29.